The van der Waals surface area contributed by atoms with Gasteiger partial charge in [0.1, 0.15) is 17.5 Å². The van der Waals surface area contributed by atoms with Crippen molar-refractivity contribution in [1.29, 1.82) is 0 Å². The lowest BCUT2D eigenvalue weighted by Crippen LogP contribution is -2.44. The van der Waals surface area contributed by atoms with Gasteiger partial charge in [-0.3, -0.25) is 9.63 Å². The zero-order chi connectivity index (χ0) is 21.7. The molecule has 0 bridgehead atoms. The van der Waals surface area contributed by atoms with Gasteiger partial charge in [-0.2, -0.15) is 0 Å². The molecule has 0 spiro atoms. The van der Waals surface area contributed by atoms with Crippen molar-refractivity contribution in [3.05, 3.63) is 47.8 Å². The van der Waals surface area contributed by atoms with Crippen LogP contribution in [0.3, 0.4) is 0 Å². The van der Waals surface area contributed by atoms with E-state index in [1.807, 2.05) is 64.0 Å². The molecule has 7 heteroatoms. The quantitative estimate of drug-likeness (QED) is 0.672. The number of hydrogen-bond acceptors (Lipinski definition) is 6. The second-order valence-electron chi connectivity index (χ2n) is 8.75. The summed E-state index contributed by atoms with van der Waals surface area (Å²) >= 11 is 0. The second kappa shape index (κ2) is 9.43. The number of aromatic nitrogens is 2. The van der Waals surface area contributed by atoms with Gasteiger partial charge >= 0.3 is 0 Å². The number of carbonyl (C=O) groups excluding carboxylic acids is 1. The summed E-state index contributed by atoms with van der Waals surface area (Å²) in [6, 6.07) is 11.5. The minimum Gasteiger partial charge on any atom is -0.367 e. The molecule has 1 aliphatic rings. The summed E-state index contributed by atoms with van der Waals surface area (Å²) in [4.78, 5) is 29.1. The molecule has 0 radical (unpaired) electrons. The number of nitrogens with zero attached hydrogens (tertiary/aromatic N) is 3. The van der Waals surface area contributed by atoms with Crippen LogP contribution in [0.4, 0.5) is 11.6 Å². The smallest absolute Gasteiger partial charge is 0.274 e. The van der Waals surface area contributed by atoms with E-state index < -0.39 is 5.60 Å². The standard InChI is InChI=1S/C23H33N5O2/c1-16-24-20(15-21(25-16)28(4)5)26-19-13-11-18(12-14-19)23(2,3)30-27-22(29)17-9-7-6-8-10-17/h6-10,15,18-19H,11-14H2,1-5H3,(H,27,29)(H,24,25,26). The van der Waals surface area contributed by atoms with E-state index >= 15 is 0 Å². The molecule has 1 fully saturated rings. The molecule has 2 N–H and O–H groups in total. The third kappa shape index (κ3) is 5.69. The molecular formula is C23H33N5O2. The van der Waals surface area contributed by atoms with Crippen molar-refractivity contribution in [2.45, 2.75) is 58.1 Å². The summed E-state index contributed by atoms with van der Waals surface area (Å²) in [5, 5.41) is 3.57. The lowest BCUT2D eigenvalue weighted by Gasteiger charge is -2.38. The van der Waals surface area contributed by atoms with Crippen LogP contribution in [0.5, 0.6) is 0 Å². The van der Waals surface area contributed by atoms with Crippen molar-refractivity contribution < 1.29 is 9.63 Å². The van der Waals surface area contributed by atoms with Crippen molar-refractivity contribution in [3.8, 4) is 0 Å². The Kier molecular flexibility index (Phi) is 6.92. The van der Waals surface area contributed by atoms with E-state index in [1.165, 1.54) is 0 Å². The predicted octanol–water partition coefficient (Wildman–Crippen LogP) is 3.96. The average molecular weight is 412 g/mol. The molecule has 1 saturated carbocycles. The van der Waals surface area contributed by atoms with Crippen LogP contribution >= 0.6 is 0 Å². The molecule has 0 atom stereocenters. The molecule has 0 unspecified atom stereocenters. The fourth-order valence-corrected chi connectivity index (χ4v) is 3.91. The van der Waals surface area contributed by atoms with Gasteiger partial charge in [-0.25, -0.2) is 15.4 Å². The molecule has 30 heavy (non-hydrogen) atoms. The van der Waals surface area contributed by atoms with Crippen molar-refractivity contribution in [1.82, 2.24) is 15.4 Å². The zero-order valence-electron chi connectivity index (χ0n) is 18.6. The van der Waals surface area contributed by atoms with Crippen LogP contribution in [0.25, 0.3) is 0 Å². The summed E-state index contributed by atoms with van der Waals surface area (Å²) in [7, 11) is 3.96. The van der Waals surface area contributed by atoms with Crippen molar-refractivity contribution in [2.24, 2.45) is 5.92 Å². The molecule has 2 aromatic rings. The van der Waals surface area contributed by atoms with Crippen LogP contribution in [-0.4, -0.2) is 41.6 Å². The number of nitrogens with one attached hydrogen (secondary N) is 2. The number of rotatable bonds is 7. The number of benzene rings is 1. The van der Waals surface area contributed by atoms with E-state index in [0.29, 0.717) is 17.5 Å². The lowest BCUT2D eigenvalue weighted by atomic mass is 9.77. The predicted molar refractivity (Wildman–Crippen MR) is 120 cm³/mol. The SMILES string of the molecule is Cc1nc(NC2CCC(C(C)(C)ONC(=O)c3ccccc3)CC2)cc(N(C)C)n1. The maximum atomic E-state index is 12.3. The summed E-state index contributed by atoms with van der Waals surface area (Å²) in [5.41, 5.74) is 2.80. The maximum Gasteiger partial charge on any atom is 0.274 e. The van der Waals surface area contributed by atoms with E-state index in [2.05, 4.69) is 20.8 Å². The Morgan fingerprint density at radius 1 is 1.10 bits per heavy atom. The number of carbonyl (C=O) groups is 1. The first kappa shape index (κ1) is 22.0. The van der Waals surface area contributed by atoms with Crippen LogP contribution in [0.1, 0.15) is 55.7 Å². The monoisotopic (exact) mass is 411 g/mol. The summed E-state index contributed by atoms with van der Waals surface area (Å²) in [6.07, 6.45) is 4.11. The molecule has 1 aliphatic carbocycles. The third-order valence-corrected chi connectivity index (χ3v) is 5.79. The second-order valence-corrected chi connectivity index (χ2v) is 8.75. The Labute approximate surface area is 179 Å². The van der Waals surface area contributed by atoms with E-state index in [9.17, 15) is 4.79 Å². The fraction of sp³-hybridized carbons (Fsp3) is 0.522. The number of amides is 1. The molecule has 1 heterocycles. The van der Waals surface area contributed by atoms with Gasteiger partial charge in [0, 0.05) is 31.8 Å². The highest BCUT2D eigenvalue weighted by atomic mass is 16.7. The van der Waals surface area contributed by atoms with Gasteiger partial charge in [-0.1, -0.05) is 18.2 Å². The van der Waals surface area contributed by atoms with Gasteiger partial charge in [0.05, 0.1) is 5.60 Å². The minimum absolute atomic E-state index is 0.213. The Morgan fingerprint density at radius 2 is 1.77 bits per heavy atom. The molecule has 0 aliphatic heterocycles. The first-order valence-corrected chi connectivity index (χ1v) is 10.6. The first-order valence-electron chi connectivity index (χ1n) is 10.6. The van der Waals surface area contributed by atoms with E-state index in [4.69, 9.17) is 4.84 Å². The minimum atomic E-state index is -0.432. The normalized spacial score (nSPS) is 19.2. The maximum absolute atomic E-state index is 12.3. The third-order valence-electron chi connectivity index (χ3n) is 5.79. The number of hydroxylamine groups is 1. The number of anilines is 2. The highest BCUT2D eigenvalue weighted by molar-refractivity contribution is 5.93. The Hall–Kier alpha value is -2.67. The van der Waals surface area contributed by atoms with Gasteiger partial charge < -0.3 is 10.2 Å². The highest BCUT2D eigenvalue weighted by Gasteiger charge is 2.35. The van der Waals surface area contributed by atoms with Crippen molar-refractivity contribution in [2.75, 3.05) is 24.3 Å². The first-order chi connectivity index (χ1) is 14.2. The Morgan fingerprint density at radius 3 is 2.40 bits per heavy atom. The fourth-order valence-electron chi connectivity index (χ4n) is 3.91. The van der Waals surface area contributed by atoms with E-state index in [-0.39, 0.29) is 5.91 Å². The zero-order valence-corrected chi connectivity index (χ0v) is 18.6. The Balaban J connectivity index is 1.51. The summed E-state index contributed by atoms with van der Waals surface area (Å²) in [5.74, 6) is 2.70. The average Bonchev–Trinajstić information content (AvgIpc) is 2.72. The van der Waals surface area contributed by atoms with Crippen LogP contribution in [-0.2, 0) is 4.84 Å². The van der Waals surface area contributed by atoms with Crippen molar-refractivity contribution >= 4 is 17.5 Å². The molecular weight excluding hydrogens is 378 g/mol. The number of aryl methyl sites for hydroxylation is 1. The lowest BCUT2D eigenvalue weighted by molar-refractivity contribution is -0.111. The van der Waals surface area contributed by atoms with Gasteiger partial charge in [0.15, 0.2) is 0 Å². The molecule has 1 aromatic heterocycles. The van der Waals surface area contributed by atoms with Crippen LogP contribution in [0, 0.1) is 12.8 Å². The van der Waals surface area contributed by atoms with Gasteiger partial charge in [-0.05, 0) is 64.5 Å². The van der Waals surface area contributed by atoms with Crippen LogP contribution in [0.15, 0.2) is 36.4 Å². The highest BCUT2D eigenvalue weighted by Crippen LogP contribution is 2.35. The van der Waals surface area contributed by atoms with Gasteiger partial charge in [0.2, 0.25) is 0 Å². The van der Waals surface area contributed by atoms with Crippen molar-refractivity contribution in [3.63, 3.8) is 0 Å². The summed E-state index contributed by atoms with van der Waals surface area (Å²) < 4.78 is 0. The molecule has 7 nitrogen and oxygen atoms in total. The van der Waals surface area contributed by atoms with Gasteiger partial charge in [-0.15, -0.1) is 0 Å². The summed E-state index contributed by atoms with van der Waals surface area (Å²) in [6.45, 7) is 6.01. The molecule has 1 amide bonds. The molecule has 3 rings (SSSR count). The molecule has 162 valence electrons. The van der Waals surface area contributed by atoms with E-state index in [0.717, 1.165) is 43.1 Å². The molecule has 1 aromatic carbocycles. The van der Waals surface area contributed by atoms with Gasteiger partial charge in [0.25, 0.3) is 5.91 Å². The largest absolute Gasteiger partial charge is 0.367 e. The Bertz CT molecular complexity index is 846. The number of hydrogen-bond donors (Lipinski definition) is 2. The van der Waals surface area contributed by atoms with Crippen LogP contribution < -0.4 is 15.7 Å². The van der Waals surface area contributed by atoms with E-state index in [1.54, 1.807) is 12.1 Å². The molecule has 0 saturated heterocycles. The topological polar surface area (TPSA) is 79.4 Å². The van der Waals surface area contributed by atoms with Crippen LogP contribution in [0.2, 0.25) is 0 Å².